The molecule has 0 saturated heterocycles. The summed E-state index contributed by atoms with van der Waals surface area (Å²) in [6, 6.07) is 9.84. The minimum absolute atomic E-state index is 0.153. The molecule has 3 heteroatoms. The van der Waals surface area contributed by atoms with Gasteiger partial charge in [-0.05, 0) is 18.9 Å². The van der Waals surface area contributed by atoms with Crippen LogP contribution in [0.15, 0.2) is 30.3 Å². The maximum absolute atomic E-state index is 11.7. The summed E-state index contributed by atoms with van der Waals surface area (Å²) in [6.45, 7) is 2.24. The van der Waals surface area contributed by atoms with Crippen LogP contribution in [0.3, 0.4) is 0 Å². The Morgan fingerprint density at radius 3 is 2.69 bits per heavy atom. The van der Waals surface area contributed by atoms with Gasteiger partial charge in [0, 0.05) is 7.11 Å². The molecular formula is C13H16O3. The molecule has 86 valence electrons. The summed E-state index contributed by atoms with van der Waals surface area (Å²) in [5, 5.41) is 0. The highest BCUT2D eigenvalue weighted by atomic mass is 16.5. The van der Waals surface area contributed by atoms with Crippen molar-refractivity contribution in [3.63, 3.8) is 0 Å². The molecular weight excluding hydrogens is 204 g/mol. The highest BCUT2D eigenvalue weighted by Gasteiger charge is 2.61. The summed E-state index contributed by atoms with van der Waals surface area (Å²) < 4.78 is 10.5. The predicted octanol–water partition coefficient (Wildman–Crippen LogP) is 2.11. The zero-order chi connectivity index (χ0) is 11.6. The van der Waals surface area contributed by atoms with E-state index in [4.69, 9.17) is 9.47 Å². The highest BCUT2D eigenvalue weighted by Crippen LogP contribution is 2.55. The van der Waals surface area contributed by atoms with Crippen molar-refractivity contribution in [1.82, 2.24) is 0 Å². The molecule has 0 N–H and O–H groups in total. The number of benzene rings is 1. The Kier molecular flexibility index (Phi) is 2.97. The Balaban J connectivity index is 2.17. The smallest absolute Gasteiger partial charge is 0.312 e. The van der Waals surface area contributed by atoms with Crippen LogP contribution in [0.25, 0.3) is 0 Å². The van der Waals surface area contributed by atoms with Gasteiger partial charge in [-0.2, -0.15) is 0 Å². The van der Waals surface area contributed by atoms with Crippen LogP contribution >= 0.6 is 0 Å². The fourth-order valence-electron chi connectivity index (χ4n) is 2.14. The Morgan fingerprint density at radius 2 is 2.12 bits per heavy atom. The molecule has 3 nitrogen and oxygen atoms in total. The molecule has 2 atom stereocenters. The molecule has 1 aromatic rings. The highest BCUT2D eigenvalue weighted by molar-refractivity contribution is 5.78. The van der Waals surface area contributed by atoms with Gasteiger partial charge in [-0.25, -0.2) is 0 Å². The number of carbonyl (C=O) groups is 1. The third-order valence-electron chi connectivity index (χ3n) is 3.11. The van der Waals surface area contributed by atoms with Crippen molar-refractivity contribution < 1.29 is 14.3 Å². The molecule has 2 unspecified atom stereocenters. The zero-order valence-corrected chi connectivity index (χ0v) is 9.60. The second-order valence-corrected chi connectivity index (χ2v) is 3.97. The number of methoxy groups -OCH3 is 1. The van der Waals surface area contributed by atoms with Gasteiger partial charge in [0.25, 0.3) is 0 Å². The average molecular weight is 220 g/mol. The van der Waals surface area contributed by atoms with Crippen LogP contribution in [0.4, 0.5) is 0 Å². The van der Waals surface area contributed by atoms with Gasteiger partial charge in [0.1, 0.15) is 5.60 Å². The van der Waals surface area contributed by atoms with E-state index in [1.807, 2.05) is 37.3 Å². The van der Waals surface area contributed by atoms with Crippen LogP contribution in [0, 0.1) is 5.92 Å². The maximum Gasteiger partial charge on any atom is 0.312 e. The van der Waals surface area contributed by atoms with Crippen molar-refractivity contribution in [2.45, 2.75) is 18.9 Å². The van der Waals surface area contributed by atoms with Crippen molar-refractivity contribution >= 4 is 5.97 Å². The summed E-state index contributed by atoms with van der Waals surface area (Å²) in [7, 11) is 1.65. The van der Waals surface area contributed by atoms with Crippen molar-refractivity contribution in [2.24, 2.45) is 5.92 Å². The maximum atomic E-state index is 11.7. The lowest BCUT2D eigenvalue weighted by Gasteiger charge is -2.15. The number of hydrogen-bond donors (Lipinski definition) is 0. The first-order valence-electron chi connectivity index (χ1n) is 5.52. The summed E-state index contributed by atoms with van der Waals surface area (Å²) >= 11 is 0. The van der Waals surface area contributed by atoms with E-state index in [-0.39, 0.29) is 11.9 Å². The first kappa shape index (κ1) is 11.1. The van der Waals surface area contributed by atoms with Gasteiger partial charge >= 0.3 is 5.97 Å². The molecule has 0 aromatic heterocycles. The molecule has 2 rings (SSSR count). The van der Waals surface area contributed by atoms with E-state index in [2.05, 4.69) is 0 Å². The molecule has 1 aliphatic rings. The molecule has 16 heavy (non-hydrogen) atoms. The Labute approximate surface area is 95.4 Å². The van der Waals surface area contributed by atoms with E-state index in [9.17, 15) is 4.79 Å². The van der Waals surface area contributed by atoms with Gasteiger partial charge in [-0.1, -0.05) is 30.3 Å². The standard InChI is InChI=1S/C13H16O3/c1-3-16-12(14)11-9-13(11,15-2)10-7-5-4-6-8-10/h4-8,11H,3,9H2,1-2H3. The first-order chi connectivity index (χ1) is 7.74. The van der Waals surface area contributed by atoms with E-state index >= 15 is 0 Å². The normalized spacial score (nSPS) is 27.5. The van der Waals surface area contributed by atoms with Gasteiger partial charge in [0.15, 0.2) is 0 Å². The summed E-state index contributed by atoms with van der Waals surface area (Å²) in [4.78, 5) is 11.7. The fraction of sp³-hybridized carbons (Fsp3) is 0.462. The molecule has 1 aliphatic carbocycles. The Hall–Kier alpha value is -1.35. The monoisotopic (exact) mass is 220 g/mol. The third kappa shape index (κ3) is 1.71. The third-order valence-corrected chi connectivity index (χ3v) is 3.11. The van der Waals surface area contributed by atoms with Crippen LogP contribution in [-0.4, -0.2) is 19.7 Å². The fourth-order valence-corrected chi connectivity index (χ4v) is 2.14. The lowest BCUT2D eigenvalue weighted by molar-refractivity contribution is -0.147. The van der Waals surface area contributed by atoms with Crippen LogP contribution in [0.5, 0.6) is 0 Å². The van der Waals surface area contributed by atoms with E-state index in [0.717, 1.165) is 5.56 Å². The summed E-state index contributed by atoms with van der Waals surface area (Å²) in [5.41, 5.74) is 0.601. The SMILES string of the molecule is CCOC(=O)C1CC1(OC)c1ccccc1. The topological polar surface area (TPSA) is 35.5 Å². The Morgan fingerprint density at radius 1 is 1.44 bits per heavy atom. The molecule has 0 bridgehead atoms. The van der Waals surface area contributed by atoms with Crippen LogP contribution in [0.1, 0.15) is 18.9 Å². The molecule has 0 amide bonds. The van der Waals surface area contributed by atoms with E-state index in [1.54, 1.807) is 7.11 Å². The predicted molar refractivity (Wildman–Crippen MR) is 59.9 cm³/mol. The second-order valence-electron chi connectivity index (χ2n) is 3.97. The van der Waals surface area contributed by atoms with Gasteiger partial charge in [-0.15, -0.1) is 0 Å². The molecule has 0 aliphatic heterocycles. The van der Waals surface area contributed by atoms with Crippen LogP contribution in [0.2, 0.25) is 0 Å². The lowest BCUT2D eigenvalue weighted by atomic mass is 10.1. The van der Waals surface area contributed by atoms with Crippen LogP contribution in [-0.2, 0) is 19.9 Å². The number of carbonyl (C=O) groups excluding carboxylic acids is 1. The lowest BCUT2D eigenvalue weighted by Crippen LogP contribution is -2.19. The minimum atomic E-state index is -0.451. The molecule has 0 heterocycles. The number of hydrogen-bond acceptors (Lipinski definition) is 3. The largest absolute Gasteiger partial charge is 0.466 e. The van der Waals surface area contributed by atoms with Crippen LogP contribution < -0.4 is 0 Å². The number of esters is 1. The van der Waals surface area contributed by atoms with E-state index < -0.39 is 5.60 Å². The van der Waals surface area contributed by atoms with Crippen molar-refractivity contribution in [2.75, 3.05) is 13.7 Å². The number of ether oxygens (including phenoxy) is 2. The van der Waals surface area contributed by atoms with Gasteiger partial charge < -0.3 is 9.47 Å². The van der Waals surface area contributed by atoms with Gasteiger partial charge in [0.05, 0.1) is 12.5 Å². The molecule has 0 radical (unpaired) electrons. The quantitative estimate of drug-likeness (QED) is 0.729. The molecule has 1 aromatic carbocycles. The van der Waals surface area contributed by atoms with Gasteiger partial charge in [0.2, 0.25) is 0 Å². The second kappa shape index (κ2) is 4.26. The Bertz CT molecular complexity index is 374. The summed E-state index contributed by atoms with van der Waals surface area (Å²) in [6.07, 6.45) is 0.715. The van der Waals surface area contributed by atoms with E-state index in [1.165, 1.54) is 0 Å². The zero-order valence-electron chi connectivity index (χ0n) is 9.60. The molecule has 1 fully saturated rings. The average Bonchev–Trinajstić information content (AvgIpc) is 3.07. The van der Waals surface area contributed by atoms with Gasteiger partial charge in [-0.3, -0.25) is 4.79 Å². The van der Waals surface area contributed by atoms with Crippen molar-refractivity contribution in [3.05, 3.63) is 35.9 Å². The first-order valence-corrected chi connectivity index (χ1v) is 5.52. The number of rotatable bonds is 4. The molecule has 1 saturated carbocycles. The summed E-state index contributed by atoms with van der Waals surface area (Å²) in [5.74, 6) is -0.312. The van der Waals surface area contributed by atoms with Crippen molar-refractivity contribution in [3.8, 4) is 0 Å². The molecule has 0 spiro atoms. The minimum Gasteiger partial charge on any atom is -0.466 e. The van der Waals surface area contributed by atoms with E-state index in [0.29, 0.717) is 13.0 Å². The van der Waals surface area contributed by atoms with Crippen molar-refractivity contribution in [1.29, 1.82) is 0 Å².